The number of nitrogens with one attached hydrogen (secondary N) is 1. The number of hydrogen-bond donors (Lipinski definition) is 1. The molecule has 0 aliphatic rings. The first-order chi connectivity index (χ1) is 10.2. The zero-order chi connectivity index (χ0) is 15.1. The molecule has 0 radical (unpaired) electrons. The molecule has 112 valence electrons. The lowest BCUT2D eigenvalue weighted by Crippen LogP contribution is -2.18. The van der Waals surface area contributed by atoms with Crippen molar-refractivity contribution in [2.45, 2.75) is 16.3 Å². The summed E-state index contributed by atoms with van der Waals surface area (Å²) in [4.78, 5) is 2.34. The van der Waals surface area contributed by atoms with E-state index in [1.54, 1.807) is 18.9 Å². The van der Waals surface area contributed by atoms with Crippen LogP contribution < -0.4 is 5.32 Å². The Hall–Kier alpha value is -0.520. The molecule has 0 aliphatic heterocycles. The van der Waals surface area contributed by atoms with Gasteiger partial charge in [0.05, 0.1) is 6.61 Å². The van der Waals surface area contributed by atoms with Crippen LogP contribution in [0.1, 0.15) is 5.56 Å². The molecule has 0 amide bonds. The van der Waals surface area contributed by atoms with E-state index >= 15 is 0 Å². The van der Waals surface area contributed by atoms with E-state index in [-0.39, 0.29) is 0 Å². The molecule has 2 aromatic rings. The Morgan fingerprint density at radius 2 is 2.00 bits per heavy atom. The molecule has 0 aromatic heterocycles. The van der Waals surface area contributed by atoms with Crippen LogP contribution in [-0.4, -0.2) is 20.3 Å². The van der Waals surface area contributed by atoms with Crippen molar-refractivity contribution in [3.63, 3.8) is 0 Å². The lowest BCUT2D eigenvalue weighted by atomic mass is 10.2. The number of hydrogen-bond acceptors (Lipinski definition) is 3. The third-order valence-corrected chi connectivity index (χ3v) is 5.25. The van der Waals surface area contributed by atoms with E-state index in [2.05, 4.69) is 33.4 Å². The monoisotopic (exact) mass is 385 g/mol. The summed E-state index contributed by atoms with van der Waals surface area (Å²) in [6.45, 7) is 2.34. The zero-order valence-electron chi connectivity index (χ0n) is 11.7. The van der Waals surface area contributed by atoms with Crippen molar-refractivity contribution in [1.82, 2.24) is 5.32 Å². The molecule has 0 spiro atoms. The number of halogens is 2. The minimum atomic E-state index is 0.709. The normalized spacial score (nSPS) is 10.8. The van der Waals surface area contributed by atoms with E-state index in [1.807, 2.05) is 30.3 Å². The Bertz CT molecular complexity index is 594. The summed E-state index contributed by atoms with van der Waals surface area (Å²) in [5.74, 6) is 0. The molecule has 5 heteroatoms. The van der Waals surface area contributed by atoms with Crippen LogP contribution in [-0.2, 0) is 11.3 Å². The van der Waals surface area contributed by atoms with Gasteiger partial charge in [0, 0.05) is 39.5 Å². The van der Waals surface area contributed by atoms with Gasteiger partial charge in [0.15, 0.2) is 0 Å². The molecule has 0 aliphatic carbocycles. The van der Waals surface area contributed by atoms with Crippen molar-refractivity contribution in [3.8, 4) is 0 Å². The highest BCUT2D eigenvalue weighted by molar-refractivity contribution is 9.10. The average molecular weight is 387 g/mol. The Morgan fingerprint density at radius 1 is 1.19 bits per heavy atom. The highest BCUT2D eigenvalue weighted by Gasteiger charge is 2.07. The molecule has 1 N–H and O–H groups in total. The largest absolute Gasteiger partial charge is 0.383 e. The molecule has 0 saturated heterocycles. The smallest absolute Gasteiger partial charge is 0.0587 e. The van der Waals surface area contributed by atoms with Gasteiger partial charge in [-0.1, -0.05) is 41.6 Å². The van der Waals surface area contributed by atoms with Gasteiger partial charge in [-0.3, -0.25) is 0 Å². The van der Waals surface area contributed by atoms with Crippen molar-refractivity contribution in [1.29, 1.82) is 0 Å². The van der Waals surface area contributed by atoms with Crippen molar-refractivity contribution in [3.05, 3.63) is 57.5 Å². The third-order valence-electron chi connectivity index (χ3n) is 2.88. The minimum absolute atomic E-state index is 0.709. The Kier molecular flexibility index (Phi) is 7.07. The second-order valence-electron chi connectivity index (χ2n) is 4.45. The molecular formula is C16H17BrClNOS. The molecule has 2 rings (SSSR count). The third kappa shape index (κ3) is 5.31. The second kappa shape index (κ2) is 8.81. The summed E-state index contributed by atoms with van der Waals surface area (Å²) in [6.07, 6.45) is 0. The summed E-state index contributed by atoms with van der Waals surface area (Å²) in [5.41, 5.74) is 1.23. The van der Waals surface area contributed by atoms with Gasteiger partial charge in [-0.05, 0) is 45.8 Å². The summed E-state index contributed by atoms with van der Waals surface area (Å²) in [5, 5.41) is 4.12. The van der Waals surface area contributed by atoms with Crippen LogP contribution in [0.25, 0.3) is 0 Å². The molecule has 0 saturated carbocycles. The van der Waals surface area contributed by atoms with Crippen molar-refractivity contribution >= 4 is 39.3 Å². The Balaban J connectivity index is 2.13. The lowest BCUT2D eigenvalue weighted by Gasteiger charge is -2.12. The standard InChI is InChI=1S/C16H17BrClNOS/c1-20-9-8-19-11-12-6-7-13(18)10-16(12)21-15-5-3-2-4-14(15)17/h2-7,10,19H,8-9,11H2,1H3. The van der Waals surface area contributed by atoms with Crippen molar-refractivity contribution in [2.75, 3.05) is 20.3 Å². The summed E-state index contributed by atoms with van der Waals surface area (Å²) in [7, 11) is 1.71. The molecule has 0 unspecified atom stereocenters. The maximum Gasteiger partial charge on any atom is 0.0587 e. The molecule has 2 nitrogen and oxygen atoms in total. The number of ether oxygens (including phenoxy) is 1. The average Bonchev–Trinajstić information content (AvgIpc) is 2.48. The fourth-order valence-electron chi connectivity index (χ4n) is 1.81. The first-order valence-electron chi connectivity index (χ1n) is 6.61. The molecule has 0 fully saturated rings. The fourth-order valence-corrected chi connectivity index (χ4v) is 3.58. The fraction of sp³-hybridized carbons (Fsp3) is 0.250. The van der Waals surface area contributed by atoms with Gasteiger partial charge in [-0.2, -0.15) is 0 Å². The van der Waals surface area contributed by atoms with Gasteiger partial charge in [-0.15, -0.1) is 0 Å². The first kappa shape index (κ1) is 16.8. The predicted octanol–water partition coefficient (Wildman–Crippen LogP) is 4.99. The van der Waals surface area contributed by atoms with E-state index in [9.17, 15) is 0 Å². The maximum absolute atomic E-state index is 6.14. The second-order valence-corrected chi connectivity index (χ2v) is 6.83. The van der Waals surface area contributed by atoms with Crippen LogP contribution in [0.2, 0.25) is 5.02 Å². The SMILES string of the molecule is COCCNCc1ccc(Cl)cc1Sc1ccccc1Br. The van der Waals surface area contributed by atoms with Gasteiger partial charge in [-0.25, -0.2) is 0 Å². The number of methoxy groups -OCH3 is 1. The summed E-state index contributed by atoms with van der Waals surface area (Å²) >= 11 is 11.4. The van der Waals surface area contributed by atoms with Crippen LogP contribution in [0, 0.1) is 0 Å². The zero-order valence-corrected chi connectivity index (χ0v) is 14.9. The van der Waals surface area contributed by atoms with Crippen molar-refractivity contribution in [2.24, 2.45) is 0 Å². The predicted molar refractivity (Wildman–Crippen MR) is 93.3 cm³/mol. The van der Waals surface area contributed by atoms with E-state index in [1.165, 1.54) is 15.4 Å². The lowest BCUT2D eigenvalue weighted by molar-refractivity contribution is 0.199. The Labute approximate surface area is 143 Å². The molecular weight excluding hydrogens is 370 g/mol. The molecule has 21 heavy (non-hydrogen) atoms. The number of rotatable bonds is 7. The first-order valence-corrected chi connectivity index (χ1v) is 8.60. The van der Waals surface area contributed by atoms with E-state index in [4.69, 9.17) is 16.3 Å². The van der Waals surface area contributed by atoms with E-state index in [0.717, 1.165) is 22.6 Å². The molecule has 2 aromatic carbocycles. The van der Waals surface area contributed by atoms with Crippen LogP contribution in [0.15, 0.2) is 56.7 Å². The van der Waals surface area contributed by atoms with Crippen molar-refractivity contribution < 1.29 is 4.74 Å². The molecule has 0 heterocycles. The van der Waals surface area contributed by atoms with Crippen LogP contribution >= 0.6 is 39.3 Å². The van der Waals surface area contributed by atoms with Gasteiger partial charge < -0.3 is 10.1 Å². The van der Waals surface area contributed by atoms with Crippen LogP contribution in [0.5, 0.6) is 0 Å². The summed E-state index contributed by atoms with van der Waals surface area (Å²) < 4.78 is 6.14. The topological polar surface area (TPSA) is 21.3 Å². The van der Waals surface area contributed by atoms with Gasteiger partial charge in [0.2, 0.25) is 0 Å². The van der Waals surface area contributed by atoms with Gasteiger partial charge in [0.1, 0.15) is 0 Å². The van der Waals surface area contributed by atoms with Gasteiger partial charge in [0.25, 0.3) is 0 Å². The van der Waals surface area contributed by atoms with Crippen LogP contribution in [0.3, 0.4) is 0 Å². The molecule has 0 atom stereocenters. The maximum atomic E-state index is 6.14. The molecule has 0 bridgehead atoms. The van der Waals surface area contributed by atoms with Crippen LogP contribution in [0.4, 0.5) is 0 Å². The highest BCUT2D eigenvalue weighted by Crippen LogP contribution is 2.36. The van der Waals surface area contributed by atoms with Gasteiger partial charge >= 0.3 is 0 Å². The Morgan fingerprint density at radius 3 is 2.76 bits per heavy atom. The van der Waals surface area contributed by atoms with E-state index in [0.29, 0.717) is 6.61 Å². The minimum Gasteiger partial charge on any atom is -0.383 e. The number of benzene rings is 2. The van der Waals surface area contributed by atoms with E-state index < -0.39 is 0 Å². The highest BCUT2D eigenvalue weighted by atomic mass is 79.9. The quantitative estimate of drug-likeness (QED) is 0.677. The summed E-state index contributed by atoms with van der Waals surface area (Å²) in [6, 6.07) is 14.2.